The standard InChI is InChI=1S/C18H29ClN4O2/c1-4-18(5-2,16(24)25-6-3)12-23(13-9-7-8-10-13)15-14(20)11-21-17(19)22-15/h11,13H,4-10,12,20H2,1-3H3. The molecule has 0 unspecified atom stereocenters. The lowest BCUT2D eigenvalue weighted by Crippen LogP contribution is -2.47. The van der Waals surface area contributed by atoms with E-state index in [4.69, 9.17) is 22.1 Å². The summed E-state index contributed by atoms with van der Waals surface area (Å²) >= 11 is 6.02. The molecule has 25 heavy (non-hydrogen) atoms. The average Bonchev–Trinajstić information content (AvgIpc) is 3.13. The van der Waals surface area contributed by atoms with Gasteiger partial charge in [0.2, 0.25) is 5.28 Å². The van der Waals surface area contributed by atoms with Crippen molar-refractivity contribution in [1.29, 1.82) is 0 Å². The van der Waals surface area contributed by atoms with Crippen molar-refractivity contribution in [3.63, 3.8) is 0 Å². The first-order chi connectivity index (χ1) is 12.0. The summed E-state index contributed by atoms with van der Waals surface area (Å²) in [6.45, 7) is 6.81. The molecule has 1 aliphatic carbocycles. The third-order valence-corrected chi connectivity index (χ3v) is 5.52. The fourth-order valence-electron chi connectivity index (χ4n) is 3.62. The summed E-state index contributed by atoms with van der Waals surface area (Å²) in [4.78, 5) is 23.2. The molecule has 0 radical (unpaired) electrons. The van der Waals surface area contributed by atoms with Gasteiger partial charge in [-0.15, -0.1) is 0 Å². The van der Waals surface area contributed by atoms with E-state index in [1.807, 2.05) is 20.8 Å². The Balaban J connectivity index is 2.40. The highest BCUT2D eigenvalue weighted by atomic mass is 35.5. The van der Waals surface area contributed by atoms with Gasteiger partial charge in [-0.25, -0.2) is 4.98 Å². The zero-order valence-corrected chi connectivity index (χ0v) is 16.2. The highest BCUT2D eigenvalue weighted by molar-refractivity contribution is 6.28. The van der Waals surface area contributed by atoms with Crippen LogP contribution in [0.15, 0.2) is 6.20 Å². The first-order valence-electron chi connectivity index (χ1n) is 9.19. The maximum atomic E-state index is 12.7. The summed E-state index contributed by atoms with van der Waals surface area (Å²) in [5.41, 5.74) is 6.06. The van der Waals surface area contributed by atoms with Gasteiger partial charge in [0.15, 0.2) is 5.82 Å². The van der Waals surface area contributed by atoms with E-state index in [0.717, 1.165) is 12.8 Å². The Hall–Kier alpha value is -1.56. The van der Waals surface area contributed by atoms with Crippen LogP contribution >= 0.6 is 11.6 Å². The largest absolute Gasteiger partial charge is 0.466 e. The number of carbonyl (C=O) groups is 1. The van der Waals surface area contributed by atoms with Gasteiger partial charge in [-0.05, 0) is 44.2 Å². The minimum atomic E-state index is -0.581. The summed E-state index contributed by atoms with van der Waals surface area (Å²) in [5, 5.41) is 0.168. The van der Waals surface area contributed by atoms with Crippen LogP contribution in [0.4, 0.5) is 11.5 Å². The van der Waals surface area contributed by atoms with Gasteiger partial charge in [-0.3, -0.25) is 4.79 Å². The van der Waals surface area contributed by atoms with E-state index < -0.39 is 5.41 Å². The van der Waals surface area contributed by atoms with Crippen molar-refractivity contribution >= 4 is 29.1 Å². The third-order valence-electron chi connectivity index (χ3n) is 5.34. The van der Waals surface area contributed by atoms with Gasteiger partial charge in [0.1, 0.15) is 0 Å². The molecule has 0 saturated heterocycles. The molecule has 0 atom stereocenters. The number of hydrogen-bond acceptors (Lipinski definition) is 6. The minimum absolute atomic E-state index is 0.151. The summed E-state index contributed by atoms with van der Waals surface area (Å²) in [7, 11) is 0. The van der Waals surface area contributed by atoms with Crippen LogP contribution in [-0.2, 0) is 9.53 Å². The number of ether oxygens (including phenoxy) is 1. The summed E-state index contributed by atoms with van der Waals surface area (Å²) < 4.78 is 5.39. The third kappa shape index (κ3) is 4.35. The summed E-state index contributed by atoms with van der Waals surface area (Å²) in [6.07, 6.45) is 7.40. The highest BCUT2D eigenvalue weighted by Crippen LogP contribution is 2.37. The van der Waals surface area contributed by atoms with E-state index >= 15 is 0 Å². The van der Waals surface area contributed by atoms with Crippen LogP contribution < -0.4 is 10.6 Å². The lowest BCUT2D eigenvalue weighted by Gasteiger charge is -2.39. The number of carbonyl (C=O) groups excluding carboxylic acids is 1. The van der Waals surface area contributed by atoms with E-state index in [2.05, 4.69) is 14.9 Å². The number of hydrogen-bond donors (Lipinski definition) is 1. The highest BCUT2D eigenvalue weighted by Gasteiger charge is 2.41. The van der Waals surface area contributed by atoms with Crippen LogP contribution in [0.3, 0.4) is 0 Å². The first-order valence-corrected chi connectivity index (χ1v) is 9.57. The van der Waals surface area contributed by atoms with E-state index in [1.54, 1.807) is 0 Å². The second-order valence-electron chi connectivity index (χ2n) is 6.69. The van der Waals surface area contributed by atoms with Crippen LogP contribution in [0.2, 0.25) is 5.28 Å². The lowest BCUT2D eigenvalue weighted by molar-refractivity contribution is -0.155. The molecular formula is C18H29ClN4O2. The van der Waals surface area contributed by atoms with Crippen molar-refractivity contribution in [2.45, 2.75) is 65.3 Å². The van der Waals surface area contributed by atoms with Gasteiger partial charge in [0, 0.05) is 12.6 Å². The fourth-order valence-corrected chi connectivity index (χ4v) is 3.75. The molecule has 2 rings (SSSR count). The molecule has 0 bridgehead atoms. The van der Waals surface area contributed by atoms with Gasteiger partial charge in [0.05, 0.1) is 23.9 Å². The Bertz CT molecular complexity index is 586. The van der Waals surface area contributed by atoms with E-state index in [9.17, 15) is 4.79 Å². The van der Waals surface area contributed by atoms with Crippen molar-refractivity contribution in [1.82, 2.24) is 9.97 Å². The molecule has 2 N–H and O–H groups in total. The normalized spacial score (nSPS) is 15.4. The van der Waals surface area contributed by atoms with Gasteiger partial charge >= 0.3 is 5.97 Å². The number of esters is 1. The van der Waals surface area contributed by atoms with Crippen LogP contribution in [0, 0.1) is 5.41 Å². The van der Waals surface area contributed by atoms with Crippen molar-refractivity contribution < 1.29 is 9.53 Å². The Labute approximate surface area is 155 Å². The number of nitrogen functional groups attached to an aromatic ring is 1. The van der Waals surface area contributed by atoms with Gasteiger partial charge < -0.3 is 15.4 Å². The zero-order valence-electron chi connectivity index (χ0n) is 15.4. The summed E-state index contributed by atoms with van der Waals surface area (Å²) in [6, 6.07) is 0.306. The number of nitrogens with zero attached hydrogens (tertiary/aromatic N) is 3. The SMILES string of the molecule is CCOC(=O)C(CC)(CC)CN(c1nc(Cl)ncc1N)C1CCCC1. The quantitative estimate of drug-likeness (QED) is 0.554. The number of nitrogens with two attached hydrogens (primary N) is 1. The van der Waals surface area contributed by atoms with E-state index in [-0.39, 0.29) is 11.3 Å². The lowest BCUT2D eigenvalue weighted by atomic mass is 9.81. The first kappa shape index (κ1) is 19.8. The van der Waals surface area contributed by atoms with Gasteiger partial charge in [0.25, 0.3) is 0 Å². The van der Waals surface area contributed by atoms with Crippen LogP contribution in [-0.4, -0.2) is 35.1 Å². The monoisotopic (exact) mass is 368 g/mol. The van der Waals surface area contributed by atoms with Gasteiger partial charge in [-0.1, -0.05) is 26.7 Å². The number of anilines is 2. The minimum Gasteiger partial charge on any atom is -0.466 e. The van der Waals surface area contributed by atoms with Crippen LogP contribution in [0.5, 0.6) is 0 Å². The molecule has 1 fully saturated rings. The zero-order chi connectivity index (χ0) is 18.4. The second kappa shape index (κ2) is 8.70. The maximum absolute atomic E-state index is 12.7. The number of rotatable bonds is 8. The van der Waals surface area contributed by atoms with Crippen molar-refractivity contribution in [2.75, 3.05) is 23.8 Å². The fraction of sp³-hybridized carbons (Fsp3) is 0.722. The molecular weight excluding hydrogens is 340 g/mol. The Morgan fingerprint density at radius 3 is 2.56 bits per heavy atom. The second-order valence-corrected chi connectivity index (χ2v) is 7.03. The van der Waals surface area contributed by atoms with Crippen LogP contribution in [0.1, 0.15) is 59.3 Å². The number of aromatic nitrogens is 2. The molecule has 140 valence electrons. The molecule has 1 saturated carbocycles. The van der Waals surface area contributed by atoms with Crippen molar-refractivity contribution in [3.8, 4) is 0 Å². The Kier molecular flexibility index (Phi) is 6.87. The molecule has 1 aliphatic rings. The van der Waals surface area contributed by atoms with Crippen molar-refractivity contribution in [2.24, 2.45) is 5.41 Å². The average molecular weight is 369 g/mol. The van der Waals surface area contributed by atoms with E-state index in [0.29, 0.717) is 43.5 Å². The Morgan fingerprint density at radius 2 is 2.00 bits per heavy atom. The predicted octanol–water partition coefficient (Wildman–Crippen LogP) is 3.83. The predicted molar refractivity (Wildman–Crippen MR) is 101 cm³/mol. The summed E-state index contributed by atoms with van der Waals surface area (Å²) in [5.74, 6) is 0.476. The molecule has 6 nitrogen and oxygen atoms in total. The molecule has 1 heterocycles. The molecule has 0 amide bonds. The molecule has 0 aromatic carbocycles. The Morgan fingerprint density at radius 1 is 1.36 bits per heavy atom. The molecule has 1 aromatic heterocycles. The van der Waals surface area contributed by atoms with Crippen molar-refractivity contribution in [3.05, 3.63) is 11.5 Å². The van der Waals surface area contributed by atoms with Gasteiger partial charge in [-0.2, -0.15) is 4.98 Å². The van der Waals surface area contributed by atoms with E-state index in [1.165, 1.54) is 19.0 Å². The molecule has 7 heteroatoms. The molecule has 0 spiro atoms. The molecule has 0 aliphatic heterocycles. The maximum Gasteiger partial charge on any atom is 0.313 e. The smallest absolute Gasteiger partial charge is 0.313 e. The van der Waals surface area contributed by atoms with Crippen LogP contribution in [0.25, 0.3) is 0 Å². The molecule has 1 aromatic rings. The number of halogens is 1. The topological polar surface area (TPSA) is 81.3 Å².